The second-order valence-electron chi connectivity index (χ2n) is 8.05. The molecule has 1 saturated heterocycles. The summed E-state index contributed by atoms with van der Waals surface area (Å²) in [5, 5.41) is 3.03. The van der Waals surface area contributed by atoms with Crippen LogP contribution in [0.2, 0.25) is 0 Å². The van der Waals surface area contributed by atoms with Crippen molar-refractivity contribution in [2.24, 2.45) is 0 Å². The number of aromatic nitrogens is 6. The Hall–Kier alpha value is -4.02. The van der Waals surface area contributed by atoms with Gasteiger partial charge < -0.3 is 19.7 Å². The van der Waals surface area contributed by atoms with Gasteiger partial charge >= 0.3 is 0 Å². The number of ether oxygens (including phenoxy) is 2. The van der Waals surface area contributed by atoms with Crippen LogP contribution in [0.4, 0.5) is 26.4 Å². The van der Waals surface area contributed by atoms with Crippen molar-refractivity contribution in [2.45, 2.75) is 13.0 Å². The highest BCUT2D eigenvalue weighted by atomic mass is 32.2. The van der Waals surface area contributed by atoms with Gasteiger partial charge in [0.2, 0.25) is 28.7 Å². The summed E-state index contributed by atoms with van der Waals surface area (Å²) in [6, 6.07) is 8.24. The molecule has 0 unspecified atom stereocenters. The van der Waals surface area contributed by atoms with Gasteiger partial charge in [-0.05, 0) is 24.3 Å². The van der Waals surface area contributed by atoms with E-state index in [4.69, 9.17) is 9.47 Å². The molecule has 16 heteroatoms. The number of pyridine rings is 1. The molecule has 0 spiro atoms. The number of nitrogens with one attached hydrogen (secondary N) is 2. The Bertz CT molecular complexity index is 1500. The maximum atomic E-state index is 14.2. The Morgan fingerprint density at radius 1 is 1.08 bits per heavy atom. The van der Waals surface area contributed by atoms with E-state index >= 15 is 0 Å². The number of benzene rings is 1. The third-order valence-corrected chi connectivity index (χ3v) is 6.08. The Morgan fingerprint density at radius 2 is 1.87 bits per heavy atom. The fourth-order valence-electron chi connectivity index (χ4n) is 3.91. The molecule has 3 aromatic heterocycles. The van der Waals surface area contributed by atoms with Crippen LogP contribution in [-0.4, -0.2) is 71.3 Å². The molecule has 38 heavy (non-hydrogen) atoms. The first kappa shape index (κ1) is 25.6. The average Bonchev–Trinajstić information content (AvgIpc) is 3.33. The molecule has 5 rings (SSSR count). The molecule has 1 fully saturated rings. The van der Waals surface area contributed by atoms with Crippen LogP contribution < -0.4 is 19.7 Å². The highest BCUT2D eigenvalue weighted by Gasteiger charge is 2.25. The molecule has 0 aliphatic carbocycles. The first-order valence-corrected chi connectivity index (χ1v) is 12.6. The third kappa shape index (κ3) is 5.46. The molecule has 0 saturated carbocycles. The van der Waals surface area contributed by atoms with Gasteiger partial charge in [0, 0.05) is 13.1 Å². The second kappa shape index (κ2) is 11.2. The lowest BCUT2D eigenvalue weighted by atomic mass is 10.3. The van der Waals surface area contributed by atoms with E-state index in [1.165, 1.54) is 17.9 Å². The lowest BCUT2D eigenvalue weighted by Crippen LogP contribution is -2.37. The number of anilines is 3. The van der Waals surface area contributed by atoms with Gasteiger partial charge in [0.25, 0.3) is 6.43 Å². The van der Waals surface area contributed by atoms with Gasteiger partial charge in [-0.2, -0.15) is 15.0 Å². The van der Waals surface area contributed by atoms with Gasteiger partial charge in [-0.3, -0.25) is 9.55 Å². The van der Waals surface area contributed by atoms with Gasteiger partial charge in [0.1, 0.15) is 11.3 Å². The molecule has 0 radical (unpaired) electrons. The number of morpholine rings is 1. The zero-order valence-corrected chi connectivity index (χ0v) is 20.9. The van der Waals surface area contributed by atoms with Gasteiger partial charge in [-0.1, -0.05) is 6.07 Å². The number of rotatable bonds is 9. The average molecular weight is 548 g/mol. The molecule has 1 aliphatic heterocycles. The molecule has 0 bridgehead atoms. The van der Waals surface area contributed by atoms with Crippen molar-refractivity contribution in [3.8, 4) is 11.7 Å². The Labute approximate surface area is 217 Å². The number of imidazole rings is 1. The quantitative estimate of drug-likeness (QED) is 0.263. The topological polar surface area (TPSA) is 149 Å². The zero-order valence-electron chi connectivity index (χ0n) is 20.0. The van der Waals surface area contributed by atoms with Crippen LogP contribution in [-0.2, 0) is 22.2 Å². The number of halogens is 2. The maximum Gasteiger partial charge on any atom is 0.296 e. The van der Waals surface area contributed by atoms with E-state index in [1.54, 1.807) is 30.3 Å². The molecular formula is C22H23F2N9O4S. The van der Waals surface area contributed by atoms with Crippen LogP contribution in [0.3, 0.4) is 0 Å². The third-order valence-electron chi connectivity index (χ3n) is 5.67. The number of hydrogen-bond donors (Lipinski definition) is 3. The molecule has 200 valence electrons. The smallest absolute Gasteiger partial charge is 0.296 e. The van der Waals surface area contributed by atoms with Crippen molar-refractivity contribution in [3.05, 3.63) is 48.0 Å². The van der Waals surface area contributed by atoms with Crippen LogP contribution in [0.15, 0.2) is 36.5 Å². The summed E-state index contributed by atoms with van der Waals surface area (Å²) < 4.78 is 64.0. The summed E-state index contributed by atoms with van der Waals surface area (Å²) in [7, 11) is -1.30. The Morgan fingerprint density at radius 3 is 2.55 bits per heavy atom. The second-order valence-corrected chi connectivity index (χ2v) is 8.88. The number of thiol groups is 1. The molecule has 13 nitrogen and oxygen atoms in total. The van der Waals surface area contributed by atoms with Gasteiger partial charge in [-0.25, -0.2) is 26.9 Å². The summed E-state index contributed by atoms with van der Waals surface area (Å²) in [5.41, 5.74) is 1.60. The number of hydrogen-bond acceptors (Lipinski definition) is 11. The van der Waals surface area contributed by atoms with E-state index < -0.39 is 23.1 Å². The highest BCUT2D eigenvalue weighted by molar-refractivity contribution is 7.70. The first-order valence-electron chi connectivity index (χ1n) is 11.5. The predicted molar refractivity (Wildman–Crippen MR) is 134 cm³/mol. The molecule has 1 aliphatic rings. The minimum Gasteiger partial charge on any atom is -0.494 e. The maximum absolute atomic E-state index is 14.2. The van der Waals surface area contributed by atoms with E-state index in [0.29, 0.717) is 49.0 Å². The molecule has 4 heterocycles. The number of nitrogens with zero attached hydrogens (tertiary/aromatic N) is 7. The largest absolute Gasteiger partial charge is 0.494 e. The highest BCUT2D eigenvalue weighted by Crippen LogP contribution is 2.32. The van der Waals surface area contributed by atoms with Crippen molar-refractivity contribution in [2.75, 3.05) is 43.6 Å². The van der Waals surface area contributed by atoms with Crippen LogP contribution in [0, 0.1) is 0 Å². The Kier molecular flexibility index (Phi) is 7.52. The summed E-state index contributed by atoms with van der Waals surface area (Å²) >= 11 is 0. The zero-order chi connectivity index (χ0) is 26.6. The van der Waals surface area contributed by atoms with Gasteiger partial charge in [0.15, 0.2) is 5.82 Å². The van der Waals surface area contributed by atoms with E-state index in [0.717, 1.165) is 0 Å². The summed E-state index contributed by atoms with van der Waals surface area (Å²) in [4.78, 5) is 23.7. The lowest BCUT2D eigenvalue weighted by molar-refractivity contribution is 0.122. The summed E-state index contributed by atoms with van der Waals surface area (Å²) in [5.74, 6) is 0.120. The number of para-hydroxylation sites is 1. The number of fused-ring (bicyclic) bond motifs is 1. The van der Waals surface area contributed by atoms with E-state index in [1.807, 2.05) is 4.90 Å². The standard InChI is InChI=1S/C22H23F2N9O4S/c1-36-16-4-2-3-15-17(16)28-19(18(23)24)33(15)22-30-20(29-21(31-22)32-7-9-37-10-8-32)27-14-6-5-13(25-11-14)12-26-38(34)35/h2-6,11,18,38H,7-10,12H2,1H3,(H,26,34,35)(H,27,29,30,31). The SMILES string of the molecule is COc1cccc2c1nc(C(F)F)n2-c1nc(Nc2ccc(CN[SH](=O)=O)nc2)nc(N2CCOCC2)n1. The van der Waals surface area contributed by atoms with Crippen LogP contribution in [0.1, 0.15) is 17.9 Å². The summed E-state index contributed by atoms with van der Waals surface area (Å²) in [6.45, 7) is 1.99. The van der Waals surface area contributed by atoms with E-state index in [2.05, 4.69) is 35.0 Å². The van der Waals surface area contributed by atoms with Crippen molar-refractivity contribution < 1.29 is 26.7 Å². The first-order chi connectivity index (χ1) is 18.4. The van der Waals surface area contributed by atoms with E-state index in [9.17, 15) is 17.2 Å². The molecule has 2 N–H and O–H groups in total. The number of alkyl halides is 2. The van der Waals surface area contributed by atoms with E-state index in [-0.39, 0.29) is 29.9 Å². The molecule has 1 aromatic carbocycles. The van der Waals surface area contributed by atoms with Crippen LogP contribution >= 0.6 is 0 Å². The van der Waals surface area contributed by atoms with Crippen LogP contribution in [0.25, 0.3) is 17.0 Å². The monoisotopic (exact) mass is 547 g/mol. The number of methoxy groups -OCH3 is 1. The minimum atomic E-state index is -2.92. The normalized spacial score (nSPS) is 14.0. The fourth-order valence-corrected chi connectivity index (χ4v) is 4.20. The molecule has 0 amide bonds. The minimum absolute atomic E-state index is 0.0453. The van der Waals surface area contributed by atoms with Crippen molar-refractivity contribution in [3.63, 3.8) is 0 Å². The van der Waals surface area contributed by atoms with Crippen molar-refractivity contribution >= 4 is 39.5 Å². The van der Waals surface area contributed by atoms with Crippen molar-refractivity contribution in [1.82, 2.24) is 34.2 Å². The molecule has 4 aromatic rings. The fraction of sp³-hybridized carbons (Fsp3) is 0.318. The molecule has 0 atom stereocenters. The van der Waals surface area contributed by atoms with Crippen LogP contribution in [0.5, 0.6) is 5.75 Å². The molecular weight excluding hydrogens is 524 g/mol. The predicted octanol–water partition coefficient (Wildman–Crippen LogP) is 1.75. The Balaban J connectivity index is 1.58. The lowest BCUT2D eigenvalue weighted by Gasteiger charge is -2.27. The van der Waals surface area contributed by atoms with Crippen molar-refractivity contribution in [1.29, 1.82) is 0 Å². The van der Waals surface area contributed by atoms with Gasteiger partial charge in [0.05, 0.1) is 50.0 Å². The summed E-state index contributed by atoms with van der Waals surface area (Å²) in [6.07, 6.45) is -1.43. The van der Waals surface area contributed by atoms with Gasteiger partial charge in [-0.15, -0.1) is 0 Å².